The van der Waals surface area contributed by atoms with E-state index in [0.717, 1.165) is 5.56 Å². The van der Waals surface area contributed by atoms with Gasteiger partial charge in [-0.05, 0) is 54.8 Å². The van der Waals surface area contributed by atoms with Crippen LogP contribution in [0.1, 0.15) is 24.8 Å². The Morgan fingerprint density at radius 3 is 2.15 bits per heavy atom. The average molecular weight is 460 g/mol. The molecule has 1 saturated heterocycles. The molecule has 1 atom stereocenters. The van der Waals surface area contributed by atoms with Crippen LogP contribution in [-0.4, -0.2) is 34.0 Å². The maximum atomic E-state index is 13.3. The molecule has 1 heterocycles. The van der Waals surface area contributed by atoms with E-state index in [1.165, 1.54) is 9.80 Å². The van der Waals surface area contributed by atoms with Gasteiger partial charge in [0, 0.05) is 13.0 Å². The van der Waals surface area contributed by atoms with Crippen molar-refractivity contribution in [1.29, 1.82) is 0 Å². The van der Waals surface area contributed by atoms with Gasteiger partial charge in [0.1, 0.15) is 17.5 Å². The zero-order valence-electron chi connectivity index (χ0n) is 18.5. The SMILES string of the molecule is O=C(CCCC1C(=O)N(c2ccc(Oc3ccccc3)cc2)C(=O)N1Cc1ccccc1)NO. The number of para-hydroxylation sites is 1. The molecule has 0 saturated carbocycles. The van der Waals surface area contributed by atoms with Gasteiger partial charge in [-0.25, -0.2) is 15.2 Å². The number of amides is 4. The van der Waals surface area contributed by atoms with Crippen molar-refractivity contribution in [2.24, 2.45) is 0 Å². The lowest BCUT2D eigenvalue weighted by Crippen LogP contribution is -2.35. The molecule has 8 nitrogen and oxygen atoms in total. The van der Waals surface area contributed by atoms with E-state index < -0.39 is 18.0 Å². The standard InChI is InChI=1S/C26H25N3O5/c30-24(27-33)13-7-12-23-25(31)29(26(32)28(23)18-19-8-3-1-4-9-19)20-14-16-22(17-15-20)34-21-10-5-2-6-11-21/h1-6,8-11,14-17,23,33H,7,12-13,18H2,(H,27,30). The number of hydrogen-bond donors (Lipinski definition) is 2. The summed E-state index contributed by atoms with van der Waals surface area (Å²) in [6, 6.07) is 24.4. The Morgan fingerprint density at radius 2 is 1.50 bits per heavy atom. The minimum Gasteiger partial charge on any atom is -0.457 e. The normalized spacial score (nSPS) is 15.5. The Kier molecular flexibility index (Phi) is 7.19. The molecule has 2 N–H and O–H groups in total. The molecule has 1 aliphatic heterocycles. The van der Waals surface area contributed by atoms with Crippen LogP contribution >= 0.6 is 0 Å². The van der Waals surface area contributed by atoms with Crippen molar-refractivity contribution in [1.82, 2.24) is 10.4 Å². The molecule has 3 aromatic carbocycles. The van der Waals surface area contributed by atoms with E-state index in [0.29, 0.717) is 30.0 Å². The molecule has 0 spiro atoms. The molecule has 34 heavy (non-hydrogen) atoms. The van der Waals surface area contributed by atoms with Gasteiger partial charge in [0.15, 0.2) is 0 Å². The molecule has 8 heteroatoms. The largest absolute Gasteiger partial charge is 0.457 e. The number of hydroxylamine groups is 1. The number of nitrogens with zero attached hydrogens (tertiary/aromatic N) is 2. The Bertz CT molecular complexity index is 1140. The molecule has 1 unspecified atom stereocenters. The van der Waals surface area contributed by atoms with E-state index in [-0.39, 0.29) is 18.9 Å². The molecular formula is C26H25N3O5. The second-order valence-corrected chi connectivity index (χ2v) is 7.92. The van der Waals surface area contributed by atoms with Gasteiger partial charge >= 0.3 is 6.03 Å². The van der Waals surface area contributed by atoms with E-state index in [1.54, 1.807) is 29.7 Å². The minimum atomic E-state index is -0.709. The predicted molar refractivity (Wildman–Crippen MR) is 125 cm³/mol. The number of rotatable bonds is 9. The van der Waals surface area contributed by atoms with E-state index in [4.69, 9.17) is 9.94 Å². The fourth-order valence-corrected chi connectivity index (χ4v) is 3.91. The molecule has 1 aliphatic rings. The number of benzene rings is 3. The van der Waals surface area contributed by atoms with Crippen molar-refractivity contribution in [3.63, 3.8) is 0 Å². The zero-order valence-corrected chi connectivity index (χ0v) is 18.5. The predicted octanol–water partition coefficient (Wildman–Crippen LogP) is 4.49. The van der Waals surface area contributed by atoms with Crippen molar-refractivity contribution >= 4 is 23.5 Å². The summed E-state index contributed by atoms with van der Waals surface area (Å²) in [5, 5.41) is 8.72. The minimum absolute atomic E-state index is 0.0547. The van der Waals surface area contributed by atoms with E-state index in [1.807, 2.05) is 60.7 Å². The highest BCUT2D eigenvalue weighted by molar-refractivity contribution is 6.21. The maximum Gasteiger partial charge on any atom is 0.332 e. The van der Waals surface area contributed by atoms with Crippen LogP contribution in [0.3, 0.4) is 0 Å². The fourth-order valence-electron chi connectivity index (χ4n) is 3.91. The molecule has 4 rings (SSSR count). The number of imide groups is 1. The first-order chi connectivity index (χ1) is 16.6. The summed E-state index contributed by atoms with van der Waals surface area (Å²) in [6.07, 6.45) is 0.703. The Labute approximate surface area is 197 Å². The number of anilines is 1. The lowest BCUT2D eigenvalue weighted by atomic mass is 10.1. The zero-order chi connectivity index (χ0) is 23.9. The van der Waals surface area contributed by atoms with Crippen LogP contribution in [0.15, 0.2) is 84.9 Å². The molecule has 0 aromatic heterocycles. The molecular weight excluding hydrogens is 434 g/mol. The van der Waals surface area contributed by atoms with Gasteiger partial charge in [-0.2, -0.15) is 0 Å². The number of carbonyl (C=O) groups is 3. The number of ether oxygens (including phenoxy) is 1. The number of hydrogen-bond acceptors (Lipinski definition) is 5. The number of urea groups is 1. The van der Waals surface area contributed by atoms with E-state index in [2.05, 4.69) is 0 Å². The monoisotopic (exact) mass is 459 g/mol. The first-order valence-electron chi connectivity index (χ1n) is 11.0. The highest BCUT2D eigenvalue weighted by Crippen LogP contribution is 2.31. The summed E-state index contributed by atoms with van der Waals surface area (Å²) >= 11 is 0. The molecule has 4 amide bonds. The third-order valence-electron chi connectivity index (χ3n) is 5.59. The fraction of sp³-hybridized carbons (Fsp3) is 0.192. The lowest BCUT2D eigenvalue weighted by Gasteiger charge is -2.22. The van der Waals surface area contributed by atoms with Crippen LogP contribution in [-0.2, 0) is 16.1 Å². The number of carbonyl (C=O) groups excluding carboxylic acids is 3. The van der Waals surface area contributed by atoms with Crippen LogP contribution in [0, 0.1) is 0 Å². The second kappa shape index (κ2) is 10.6. The summed E-state index contributed by atoms with van der Waals surface area (Å²) < 4.78 is 5.80. The third kappa shape index (κ3) is 5.24. The molecule has 1 fully saturated rings. The van der Waals surface area contributed by atoms with Gasteiger partial charge in [0.25, 0.3) is 5.91 Å². The number of nitrogens with one attached hydrogen (secondary N) is 1. The molecule has 174 valence electrons. The summed E-state index contributed by atoms with van der Waals surface area (Å²) in [4.78, 5) is 40.8. The molecule has 0 bridgehead atoms. The Hall–Kier alpha value is -4.17. The lowest BCUT2D eigenvalue weighted by molar-refractivity contribution is -0.129. The highest BCUT2D eigenvalue weighted by atomic mass is 16.5. The van der Waals surface area contributed by atoms with Crippen molar-refractivity contribution in [2.75, 3.05) is 4.90 Å². The van der Waals surface area contributed by atoms with Gasteiger partial charge < -0.3 is 9.64 Å². The summed E-state index contributed by atoms with van der Waals surface area (Å²) in [7, 11) is 0. The Morgan fingerprint density at radius 1 is 0.882 bits per heavy atom. The van der Waals surface area contributed by atoms with Crippen molar-refractivity contribution in [3.05, 3.63) is 90.5 Å². The molecule has 0 aliphatic carbocycles. The van der Waals surface area contributed by atoms with Gasteiger partial charge in [0.2, 0.25) is 5.91 Å². The maximum absolute atomic E-state index is 13.3. The van der Waals surface area contributed by atoms with Crippen molar-refractivity contribution < 1.29 is 24.3 Å². The van der Waals surface area contributed by atoms with Gasteiger partial charge in [-0.15, -0.1) is 0 Å². The first kappa shape index (κ1) is 23.0. The van der Waals surface area contributed by atoms with Gasteiger partial charge in [0.05, 0.1) is 5.69 Å². The summed E-state index contributed by atoms with van der Waals surface area (Å²) in [6.45, 7) is 0.272. The van der Waals surface area contributed by atoms with Crippen LogP contribution in [0.5, 0.6) is 11.5 Å². The molecule has 0 radical (unpaired) electrons. The quantitative estimate of drug-likeness (QED) is 0.279. The van der Waals surface area contributed by atoms with Crippen LogP contribution in [0.4, 0.5) is 10.5 Å². The highest BCUT2D eigenvalue weighted by Gasteiger charge is 2.45. The summed E-state index contributed by atoms with van der Waals surface area (Å²) in [5.74, 6) is 0.394. The van der Waals surface area contributed by atoms with Crippen LogP contribution in [0.25, 0.3) is 0 Å². The third-order valence-corrected chi connectivity index (χ3v) is 5.59. The smallest absolute Gasteiger partial charge is 0.332 e. The van der Waals surface area contributed by atoms with E-state index in [9.17, 15) is 14.4 Å². The Balaban J connectivity index is 1.53. The van der Waals surface area contributed by atoms with Gasteiger partial charge in [-0.3, -0.25) is 14.8 Å². The van der Waals surface area contributed by atoms with Gasteiger partial charge in [-0.1, -0.05) is 48.5 Å². The second-order valence-electron chi connectivity index (χ2n) is 7.92. The molecule has 3 aromatic rings. The van der Waals surface area contributed by atoms with Crippen LogP contribution < -0.4 is 15.1 Å². The van der Waals surface area contributed by atoms with Crippen molar-refractivity contribution in [3.8, 4) is 11.5 Å². The topological polar surface area (TPSA) is 99.2 Å². The van der Waals surface area contributed by atoms with Crippen LogP contribution in [0.2, 0.25) is 0 Å². The van der Waals surface area contributed by atoms with Crippen molar-refractivity contribution in [2.45, 2.75) is 31.8 Å². The first-order valence-corrected chi connectivity index (χ1v) is 11.0. The van der Waals surface area contributed by atoms with E-state index >= 15 is 0 Å². The summed E-state index contributed by atoms with van der Waals surface area (Å²) in [5.41, 5.74) is 2.94. The average Bonchev–Trinajstić information content (AvgIpc) is 3.09.